The zero-order valence-corrected chi connectivity index (χ0v) is 12.8. The molecule has 1 aromatic carbocycles. The van der Waals surface area contributed by atoms with Crippen LogP contribution in [0.4, 0.5) is 0 Å². The number of hydrogen-bond acceptors (Lipinski definition) is 4. The van der Waals surface area contributed by atoms with Crippen LogP contribution in [0.1, 0.15) is 12.5 Å². The molecule has 0 aromatic heterocycles. The minimum atomic E-state index is -3.53. The summed E-state index contributed by atoms with van der Waals surface area (Å²) in [4.78, 5) is 0.447. The molecule has 0 spiro atoms. The van der Waals surface area contributed by atoms with Gasteiger partial charge in [-0.15, -0.1) is 0 Å². The van der Waals surface area contributed by atoms with Gasteiger partial charge >= 0.3 is 0 Å². The van der Waals surface area contributed by atoms with Gasteiger partial charge in [-0.05, 0) is 19.1 Å². The molecule has 0 saturated heterocycles. The summed E-state index contributed by atoms with van der Waals surface area (Å²) < 4.78 is 30.9. The van der Waals surface area contributed by atoms with E-state index in [9.17, 15) is 8.42 Å². The molecule has 0 fully saturated rings. The first kappa shape index (κ1) is 16.0. The molecular weight excluding hydrogens is 284 g/mol. The molecule has 0 aliphatic rings. The van der Waals surface area contributed by atoms with E-state index in [1.54, 1.807) is 19.1 Å². The van der Waals surface area contributed by atoms with E-state index >= 15 is 0 Å². The van der Waals surface area contributed by atoms with Crippen molar-refractivity contribution in [1.29, 1.82) is 0 Å². The van der Waals surface area contributed by atoms with E-state index in [1.165, 1.54) is 30.6 Å². The molecule has 0 heterocycles. The summed E-state index contributed by atoms with van der Waals surface area (Å²) in [6.45, 7) is 2.12. The third kappa shape index (κ3) is 3.73. The highest BCUT2D eigenvalue weighted by molar-refractivity contribution is 7.89. The van der Waals surface area contributed by atoms with Gasteiger partial charge in [-0.2, -0.15) is 4.31 Å². The minimum Gasteiger partial charge on any atom is -0.389 e. The molecule has 19 heavy (non-hydrogen) atoms. The molecule has 0 amide bonds. The molecule has 106 valence electrons. The highest BCUT2D eigenvalue weighted by Crippen LogP contribution is 2.17. The molecule has 0 aliphatic carbocycles. The van der Waals surface area contributed by atoms with Crippen molar-refractivity contribution in [2.45, 2.75) is 17.9 Å². The number of ether oxygens (including phenoxy) is 1. The van der Waals surface area contributed by atoms with Crippen molar-refractivity contribution in [3.8, 4) is 0 Å². The molecular formula is C12H18N2O3S2. The highest BCUT2D eigenvalue weighted by atomic mass is 32.2. The largest absolute Gasteiger partial charge is 0.389 e. The van der Waals surface area contributed by atoms with Crippen molar-refractivity contribution in [2.24, 2.45) is 5.73 Å². The van der Waals surface area contributed by atoms with Crippen LogP contribution in [0.15, 0.2) is 29.2 Å². The summed E-state index contributed by atoms with van der Waals surface area (Å²) >= 11 is 4.83. The lowest BCUT2D eigenvalue weighted by atomic mass is 10.2. The Bertz CT molecular complexity index is 541. The maximum atomic E-state index is 12.3. The van der Waals surface area contributed by atoms with Gasteiger partial charge in [-0.25, -0.2) is 8.42 Å². The molecule has 5 nitrogen and oxygen atoms in total. The van der Waals surface area contributed by atoms with E-state index in [1.807, 2.05) is 0 Å². The van der Waals surface area contributed by atoms with Gasteiger partial charge in [0.05, 0.1) is 11.5 Å². The first-order valence-electron chi connectivity index (χ1n) is 5.67. The summed E-state index contributed by atoms with van der Waals surface area (Å²) in [5, 5.41) is 0. The topological polar surface area (TPSA) is 72.6 Å². The monoisotopic (exact) mass is 302 g/mol. The van der Waals surface area contributed by atoms with Crippen LogP contribution in [-0.4, -0.2) is 44.5 Å². The Morgan fingerprint density at radius 2 is 1.95 bits per heavy atom. The van der Waals surface area contributed by atoms with Crippen LogP contribution >= 0.6 is 12.2 Å². The predicted molar refractivity (Wildman–Crippen MR) is 78.6 cm³/mol. The maximum Gasteiger partial charge on any atom is 0.243 e. The van der Waals surface area contributed by atoms with Crippen molar-refractivity contribution in [1.82, 2.24) is 4.31 Å². The molecule has 1 rings (SSSR count). The van der Waals surface area contributed by atoms with E-state index in [-0.39, 0.29) is 15.9 Å². The van der Waals surface area contributed by atoms with Gasteiger partial charge in [0.25, 0.3) is 0 Å². The number of hydrogen-bond donors (Lipinski definition) is 1. The fourth-order valence-corrected chi connectivity index (χ4v) is 3.02. The Balaban J connectivity index is 3.03. The summed E-state index contributed by atoms with van der Waals surface area (Å²) in [6, 6.07) is 5.96. The third-order valence-electron chi connectivity index (χ3n) is 2.84. The predicted octanol–water partition coefficient (Wildman–Crippen LogP) is 0.976. The van der Waals surface area contributed by atoms with Gasteiger partial charge in [-0.1, -0.05) is 24.4 Å². The number of nitrogens with two attached hydrogens (primary N) is 1. The standard InChI is InChI=1S/C12H18N2O3S2/c1-9(8-17-3)14(2)19(15,16)11-6-4-10(5-7-11)12(13)18/h4-7,9H,8H2,1-3H3,(H2,13,18). The molecule has 0 radical (unpaired) electrons. The van der Waals surface area contributed by atoms with Crippen molar-refractivity contribution in [3.63, 3.8) is 0 Å². The Hall–Kier alpha value is -1.02. The third-order valence-corrected chi connectivity index (χ3v) is 5.07. The molecule has 7 heteroatoms. The van der Waals surface area contributed by atoms with E-state index in [4.69, 9.17) is 22.7 Å². The Morgan fingerprint density at radius 3 is 2.37 bits per heavy atom. The number of likely N-dealkylation sites (N-methyl/N-ethyl adjacent to an activating group) is 1. The number of nitrogens with zero attached hydrogens (tertiary/aromatic N) is 1. The number of rotatable bonds is 6. The average Bonchev–Trinajstić information content (AvgIpc) is 2.38. The molecule has 1 unspecified atom stereocenters. The molecule has 0 bridgehead atoms. The first-order valence-corrected chi connectivity index (χ1v) is 7.52. The summed E-state index contributed by atoms with van der Waals surface area (Å²) in [7, 11) is -0.470. The fourth-order valence-electron chi connectivity index (χ4n) is 1.54. The normalized spacial score (nSPS) is 13.5. The van der Waals surface area contributed by atoms with Crippen LogP contribution in [0.2, 0.25) is 0 Å². The van der Waals surface area contributed by atoms with E-state index in [2.05, 4.69) is 0 Å². The SMILES string of the molecule is COCC(C)N(C)S(=O)(=O)c1ccc(C(N)=S)cc1. The van der Waals surface area contributed by atoms with Gasteiger partial charge in [0, 0.05) is 25.8 Å². The number of thiocarbonyl (C=S) groups is 1. The second-order valence-corrected chi connectivity index (χ2v) is 6.65. The second-order valence-electron chi connectivity index (χ2n) is 4.21. The van der Waals surface area contributed by atoms with E-state index < -0.39 is 10.0 Å². The average molecular weight is 302 g/mol. The van der Waals surface area contributed by atoms with Crippen LogP contribution in [0, 0.1) is 0 Å². The van der Waals surface area contributed by atoms with Crippen molar-refractivity contribution >= 4 is 27.2 Å². The van der Waals surface area contributed by atoms with Gasteiger partial charge < -0.3 is 10.5 Å². The lowest BCUT2D eigenvalue weighted by molar-refractivity contribution is 0.149. The number of sulfonamides is 1. The molecule has 0 aliphatic heterocycles. The number of methoxy groups -OCH3 is 1. The van der Waals surface area contributed by atoms with Crippen molar-refractivity contribution < 1.29 is 13.2 Å². The van der Waals surface area contributed by atoms with Crippen LogP contribution in [0.25, 0.3) is 0 Å². The second kappa shape index (κ2) is 6.42. The molecule has 0 saturated carbocycles. The molecule has 1 aromatic rings. The Kier molecular flexibility index (Phi) is 5.42. The van der Waals surface area contributed by atoms with Crippen LogP contribution in [0.5, 0.6) is 0 Å². The number of benzene rings is 1. The quantitative estimate of drug-likeness (QED) is 0.793. The van der Waals surface area contributed by atoms with Gasteiger partial charge in [0.15, 0.2) is 0 Å². The van der Waals surface area contributed by atoms with E-state index in [0.29, 0.717) is 12.2 Å². The fraction of sp³-hybridized carbons (Fsp3) is 0.417. The minimum absolute atomic E-state index is 0.206. The summed E-state index contributed by atoms with van der Waals surface area (Å²) in [5.74, 6) is 0. The zero-order valence-electron chi connectivity index (χ0n) is 11.2. The van der Waals surface area contributed by atoms with Crippen LogP contribution in [0.3, 0.4) is 0 Å². The first-order chi connectivity index (χ1) is 8.80. The van der Waals surface area contributed by atoms with Gasteiger partial charge in [0.1, 0.15) is 4.99 Å². The smallest absolute Gasteiger partial charge is 0.243 e. The van der Waals surface area contributed by atoms with Gasteiger partial charge in [-0.3, -0.25) is 0 Å². The summed E-state index contributed by atoms with van der Waals surface area (Å²) in [6.07, 6.45) is 0. The summed E-state index contributed by atoms with van der Waals surface area (Å²) in [5.41, 5.74) is 6.12. The maximum absolute atomic E-state index is 12.3. The van der Waals surface area contributed by atoms with Crippen molar-refractivity contribution in [3.05, 3.63) is 29.8 Å². The van der Waals surface area contributed by atoms with Gasteiger partial charge in [0.2, 0.25) is 10.0 Å². The van der Waals surface area contributed by atoms with Crippen molar-refractivity contribution in [2.75, 3.05) is 20.8 Å². The zero-order chi connectivity index (χ0) is 14.6. The lowest BCUT2D eigenvalue weighted by Gasteiger charge is -2.23. The highest BCUT2D eigenvalue weighted by Gasteiger charge is 2.25. The Labute approximate surface area is 119 Å². The Morgan fingerprint density at radius 1 is 1.42 bits per heavy atom. The van der Waals surface area contributed by atoms with E-state index in [0.717, 1.165) is 0 Å². The molecule has 2 N–H and O–H groups in total. The molecule has 1 atom stereocenters. The van der Waals surface area contributed by atoms with Crippen LogP contribution in [-0.2, 0) is 14.8 Å². The van der Waals surface area contributed by atoms with Crippen LogP contribution < -0.4 is 5.73 Å². The lowest BCUT2D eigenvalue weighted by Crippen LogP contribution is -2.37.